The molecule has 0 heterocycles. The summed E-state index contributed by atoms with van der Waals surface area (Å²) in [6, 6.07) is 6.88. The number of halogens is 1. The Morgan fingerprint density at radius 3 is 2.94 bits per heavy atom. The fraction of sp³-hybridized carbons (Fsp3) is 0.417. The summed E-state index contributed by atoms with van der Waals surface area (Å²) in [5.41, 5.74) is 5.63. The Hall–Kier alpha value is -1.07. The van der Waals surface area contributed by atoms with Crippen LogP contribution in [0.1, 0.15) is 13.3 Å². The van der Waals surface area contributed by atoms with E-state index in [9.17, 15) is 4.79 Å². The van der Waals surface area contributed by atoms with Gasteiger partial charge in [0.15, 0.2) is 0 Å². The van der Waals surface area contributed by atoms with Crippen molar-refractivity contribution in [2.45, 2.75) is 19.4 Å². The van der Waals surface area contributed by atoms with Crippen molar-refractivity contribution in [3.63, 3.8) is 0 Å². The molecule has 4 nitrogen and oxygen atoms in total. The van der Waals surface area contributed by atoms with Crippen molar-refractivity contribution in [3.05, 3.63) is 28.7 Å². The van der Waals surface area contributed by atoms with Crippen LogP contribution >= 0.6 is 15.9 Å². The molecule has 94 valence electrons. The van der Waals surface area contributed by atoms with Crippen molar-refractivity contribution < 1.29 is 14.3 Å². The van der Waals surface area contributed by atoms with Gasteiger partial charge in [-0.05, 0) is 25.1 Å². The van der Waals surface area contributed by atoms with E-state index in [4.69, 9.17) is 15.2 Å². The lowest BCUT2D eigenvalue weighted by Crippen LogP contribution is -2.33. The number of hydrogen-bond donors (Lipinski definition) is 1. The number of benzene rings is 1. The summed E-state index contributed by atoms with van der Waals surface area (Å²) in [6.45, 7) is 2.48. The zero-order chi connectivity index (χ0) is 12.7. The minimum absolute atomic E-state index is 0.346. The highest BCUT2D eigenvalue weighted by molar-refractivity contribution is 9.10. The average molecular weight is 302 g/mol. The van der Waals surface area contributed by atoms with Crippen molar-refractivity contribution in [2.75, 3.05) is 13.2 Å². The van der Waals surface area contributed by atoms with Crippen LogP contribution in [-0.4, -0.2) is 25.2 Å². The van der Waals surface area contributed by atoms with Gasteiger partial charge in [-0.15, -0.1) is 0 Å². The Labute approximate surface area is 109 Å². The van der Waals surface area contributed by atoms with E-state index in [-0.39, 0.29) is 5.97 Å². The fourth-order valence-corrected chi connectivity index (χ4v) is 1.61. The van der Waals surface area contributed by atoms with Crippen LogP contribution in [0.2, 0.25) is 0 Å². The molecular formula is C12H16BrNO3. The van der Waals surface area contributed by atoms with Crippen molar-refractivity contribution in [2.24, 2.45) is 5.73 Å². The summed E-state index contributed by atoms with van der Waals surface area (Å²) >= 11 is 3.35. The van der Waals surface area contributed by atoms with Crippen LogP contribution in [0.4, 0.5) is 0 Å². The van der Waals surface area contributed by atoms with Gasteiger partial charge in [0.25, 0.3) is 0 Å². The van der Waals surface area contributed by atoms with Crippen molar-refractivity contribution >= 4 is 21.9 Å². The molecule has 1 aromatic carbocycles. The molecule has 1 unspecified atom stereocenters. The van der Waals surface area contributed by atoms with Gasteiger partial charge in [-0.3, -0.25) is 4.79 Å². The van der Waals surface area contributed by atoms with E-state index >= 15 is 0 Å². The minimum Gasteiger partial charge on any atom is -0.493 e. The number of nitrogens with two attached hydrogens (primary N) is 1. The quantitative estimate of drug-likeness (QED) is 0.818. The smallest absolute Gasteiger partial charge is 0.323 e. The first-order valence-corrected chi connectivity index (χ1v) is 6.23. The molecule has 0 saturated carbocycles. The number of hydrogen-bond acceptors (Lipinski definition) is 4. The third-order valence-electron chi connectivity index (χ3n) is 2.08. The van der Waals surface area contributed by atoms with Crippen LogP contribution in [-0.2, 0) is 9.53 Å². The van der Waals surface area contributed by atoms with Crippen molar-refractivity contribution in [1.29, 1.82) is 0 Å². The highest BCUT2D eigenvalue weighted by Crippen LogP contribution is 2.17. The molecule has 1 rings (SSSR count). The van der Waals surface area contributed by atoms with Crippen molar-refractivity contribution in [3.8, 4) is 5.75 Å². The standard InChI is InChI=1S/C12H16BrNO3/c1-2-16-12(15)11(14)6-7-17-10-5-3-4-9(13)8-10/h3-5,8,11H,2,6-7,14H2,1H3. The second-order valence-corrected chi connectivity index (χ2v) is 4.37. The summed E-state index contributed by atoms with van der Waals surface area (Å²) in [5.74, 6) is 0.362. The van der Waals surface area contributed by atoms with Crippen LogP contribution < -0.4 is 10.5 Å². The third-order valence-corrected chi connectivity index (χ3v) is 2.58. The normalized spacial score (nSPS) is 11.9. The molecule has 1 aromatic rings. The van der Waals surface area contributed by atoms with Crippen LogP contribution in [0.5, 0.6) is 5.75 Å². The summed E-state index contributed by atoms with van der Waals surface area (Å²) in [6.07, 6.45) is 0.436. The lowest BCUT2D eigenvalue weighted by molar-refractivity contribution is -0.145. The first-order valence-electron chi connectivity index (χ1n) is 5.44. The Morgan fingerprint density at radius 2 is 2.29 bits per heavy atom. The SMILES string of the molecule is CCOC(=O)C(N)CCOc1cccc(Br)c1. The summed E-state index contributed by atoms with van der Waals surface area (Å²) in [4.78, 5) is 11.2. The van der Waals surface area contributed by atoms with Gasteiger partial charge in [-0.2, -0.15) is 0 Å². The van der Waals surface area contributed by atoms with E-state index in [1.54, 1.807) is 6.92 Å². The molecule has 0 radical (unpaired) electrons. The average Bonchev–Trinajstić information content (AvgIpc) is 2.29. The van der Waals surface area contributed by atoms with E-state index in [0.29, 0.717) is 19.6 Å². The lowest BCUT2D eigenvalue weighted by Gasteiger charge is -2.11. The minimum atomic E-state index is -0.623. The number of rotatable bonds is 6. The molecule has 0 spiro atoms. The molecule has 0 amide bonds. The molecule has 1 atom stereocenters. The lowest BCUT2D eigenvalue weighted by atomic mass is 10.2. The molecule has 2 N–H and O–H groups in total. The predicted octanol–water partition coefficient (Wildman–Crippen LogP) is 2.11. The van der Waals surface area contributed by atoms with Crippen LogP contribution in [0.15, 0.2) is 28.7 Å². The summed E-state index contributed by atoms with van der Waals surface area (Å²) in [5, 5.41) is 0. The van der Waals surface area contributed by atoms with Gasteiger partial charge in [-0.1, -0.05) is 22.0 Å². The first kappa shape index (κ1) is 14.0. The van der Waals surface area contributed by atoms with Gasteiger partial charge in [0.2, 0.25) is 0 Å². The summed E-state index contributed by atoms with van der Waals surface area (Å²) < 4.78 is 11.2. The zero-order valence-corrected chi connectivity index (χ0v) is 11.3. The molecule has 0 aliphatic rings. The third kappa shape index (κ3) is 5.19. The number of ether oxygens (including phenoxy) is 2. The van der Waals surface area contributed by atoms with Gasteiger partial charge in [0.05, 0.1) is 13.2 Å². The Bertz CT molecular complexity index is 371. The monoisotopic (exact) mass is 301 g/mol. The van der Waals surface area contributed by atoms with Crippen LogP contribution in [0.25, 0.3) is 0 Å². The van der Waals surface area contributed by atoms with Gasteiger partial charge >= 0.3 is 5.97 Å². The fourth-order valence-electron chi connectivity index (χ4n) is 1.23. The molecule has 0 saturated heterocycles. The molecule has 0 fully saturated rings. The number of carbonyl (C=O) groups is 1. The maximum absolute atomic E-state index is 11.2. The van der Waals surface area contributed by atoms with E-state index in [1.807, 2.05) is 24.3 Å². The topological polar surface area (TPSA) is 61.5 Å². The van der Waals surface area contributed by atoms with E-state index in [0.717, 1.165) is 10.2 Å². The second kappa shape index (κ2) is 7.29. The molecule has 0 aliphatic heterocycles. The molecule has 0 bridgehead atoms. The molecule has 0 aromatic heterocycles. The van der Waals surface area contributed by atoms with Crippen LogP contribution in [0.3, 0.4) is 0 Å². The molecule has 5 heteroatoms. The zero-order valence-electron chi connectivity index (χ0n) is 9.69. The highest BCUT2D eigenvalue weighted by atomic mass is 79.9. The van der Waals surface area contributed by atoms with Gasteiger partial charge < -0.3 is 15.2 Å². The highest BCUT2D eigenvalue weighted by Gasteiger charge is 2.14. The van der Waals surface area contributed by atoms with Gasteiger partial charge in [0.1, 0.15) is 11.8 Å². The summed E-state index contributed by atoms with van der Waals surface area (Å²) in [7, 11) is 0. The Morgan fingerprint density at radius 1 is 1.53 bits per heavy atom. The van der Waals surface area contributed by atoms with Gasteiger partial charge in [0, 0.05) is 10.9 Å². The maximum Gasteiger partial charge on any atom is 0.323 e. The molecular weight excluding hydrogens is 286 g/mol. The number of esters is 1. The van der Waals surface area contributed by atoms with Crippen molar-refractivity contribution in [1.82, 2.24) is 0 Å². The predicted molar refractivity (Wildman–Crippen MR) is 68.9 cm³/mol. The number of carbonyl (C=O) groups excluding carboxylic acids is 1. The molecule has 17 heavy (non-hydrogen) atoms. The van der Waals surface area contributed by atoms with E-state index < -0.39 is 6.04 Å². The Kier molecular flexibility index (Phi) is 6.00. The first-order chi connectivity index (χ1) is 8.13. The van der Waals surface area contributed by atoms with E-state index in [1.165, 1.54) is 0 Å². The largest absolute Gasteiger partial charge is 0.493 e. The van der Waals surface area contributed by atoms with Crippen LogP contribution in [0, 0.1) is 0 Å². The van der Waals surface area contributed by atoms with E-state index in [2.05, 4.69) is 15.9 Å². The maximum atomic E-state index is 11.2. The second-order valence-electron chi connectivity index (χ2n) is 3.45. The van der Waals surface area contributed by atoms with Gasteiger partial charge in [-0.25, -0.2) is 0 Å². The molecule has 0 aliphatic carbocycles. The Balaban J connectivity index is 2.30.